The van der Waals surface area contributed by atoms with Gasteiger partial charge in [0.15, 0.2) is 0 Å². The van der Waals surface area contributed by atoms with Gasteiger partial charge in [-0.15, -0.1) is 0 Å². The van der Waals surface area contributed by atoms with Crippen LogP contribution in [0.4, 0.5) is 5.69 Å². The van der Waals surface area contributed by atoms with Crippen molar-refractivity contribution >= 4 is 19.3 Å². The maximum Gasteiger partial charge on any atom is 0.293 e. The zero-order valence-electron chi connectivity index (χ0n) is 10.4. The standard InChI is InChI=1S/C12H14BN2O4/c16-9-13-14-7-5-12(6-8-14)19-11-3-1-10(2-4-11)15(17)18/h1-4,9,12H,5-8H2. The highest BCUT2D eigenvalue weighted by atomic mass is 16.6. The van der Waals surface area contributed by atoms with Gasteiger partial charge in [0, 0.05) is 12.1 Å². The molecule has 0 spiro atoms. The van der Waals surface area contributed by atoms with Crippen molar-refractivity contribution in [3.8, 4) is 5.75 Å². The number of benzene rings is 1. The first-order chi connectivity index (χ1) is 9.19. The van der Waals surface area contributed by atoms with E-state index >= 15 is 0 Å². The molecule has 1 aromatic rings. The van der Waals surface area contributed by atoms with Crippen molar-refractivity contribution in [3.63, 3.8) is 0 Å². The fraction of sp³-hybridized carbons (Fsp3) is 0.417. The van der Waals surface area contributed by atoms with Gasteiger partial charge in [0.1, 0.15) is 11.9 Å². The lowest BCUT2D eigenvalue weighted by Crippen LogP contribution is -2.40. The molecule has 2 rings (SSSR count). The fourth-order valence-electron chi connectivity index (χ4n) is 2.07. The van der Waals surface area contributed by atoms with Gasteiger partial charge in [0.2, 0.25) is 0 Å². The normalized spacial score (nSPS) is 16.8. The van der Waals surface area contributed by atoms with Crippen molar-refractivity contribution < 1.29 is 14.5 Å². The number of nitro benzene ring substituents is 1. The van der Waals surface area contributed by atoms with Crippen LogP contribution in [0.1, 0.15) is 12.8 Å². The number of ether oxygens (including phenoxy) is 1. The number of hydrogen-bond acceptors (Lipinski definition) is 5. The van der Waals surface area contributed by atoms with Gasteiger partial charge in [0.25, 0.3) is 13.1 Å². The van der Waals surface area contributed by atoms with Gasteiger partial charge >= 0.3 is 0 Å². The number of nitrogens with zero attached hydrogens (tertiary/aromatic N) is 2. The largest absolute Gasteiger partial charge is 0.490 e. The van der Waals surface area contributed by atoms with E-state index in [0.717, 1.165) is 32.1 Å². The number of piperidine rings is 1. The average Bonchev–Trinajstić information content (AvgIpc) is 2.42. The molecule has 0 amide bonds. The molecular formula is C12H14BN2O4. The van der Waals surface area contributed by atoms with Crippen LogP contribution >= 0.6 is 0 Å². The Bertz CT molecular complexity index is 444. The summed E-state index contributed by atoms with van der Waals surface area (Å²) in [5.74, 6) is 0.642. The molecule has 1 aliphatic rings. The molecule has 1 saturated heterocycles. The van der Waals surface area contributed by atoms with E-state index in [9.17, 15) is 14.9 Å². The summed E-state index contributed by atoms with van der Waals surface area (Å²) in [4.78, 5) is 22.4. The lowest BCUT2D eigenvalue weighted by molar-refractivity contribution is -0.384. The van der Waals surface area contributed by atoms with E-state index in [1.54, 1.807) is 19.5 Å². The summed E-state index contributed by atoms with van der Waals surface area (Å²) < 4.78 is 5.77. The molecule has 6 nitrogen and oxygen atoms in total. The summed E-state index contributed by atoms with van der Waals surface area (Å²) in [6.07, 6.45) is 2.55. The van der Waals surface area contributed by atoms with Crippen LogP contribution in [0, 0.1) is 10.1 Å². The zero-order valence-corrected chi connectivity index (χ0v) is 10.4. The minimum atomic E-state index is -0.433. The first kappa shape index (κ1) is 13.5. The Morgan fingerprint density at radius 3 is 2.47 bits per heavy atom. The van der Waals surface area contributed by atoms with Crippen LogP contribution in [-0.4, -0.2) is 42.5 Å². The number of hydrogen-bond donors (Lipinski definition) is 0. The van der Waals surface area contributed by atoms with Crippen LogP contribution < -0.4 is 4.74 Å². The Labute approximate surface area is 111 Å². The van der Waals surface area contributed by atoms with Gasteiger partial charge in [-0.25, -0.2) is 0 Å². The van der Waals surface area contributed by atoms with Crippen molar-refractivity contribution in [1.82, 2.24) is 4.81 Å². The third-order valence-electron chi connectivity index (χ3n) is 3.10. The lowest BCUT2D eigenvalue weighted by Gasteiger charge is -2.30. The molecule has 0 N–H and O–H groups in total. The molecule has 1 aromatic carbocycles. The highest BCUT2D eigenvalue weighted by Crippen LogP contribution is 2.21. The third-order valence-corrected chi connectivity index (χ3v) is 3.10. The van der Waals surface area contributed by atoms with E-state index in [0.29, 0.717) is 5.75 Å². The van der Waals surface area contributed by atoms with Crippen molar-refractivity contribution in [2.24, 2.45) is 0 Å². The quantitative estimate of drug-likeness (QED) is 0.345. The second-order valence-corrected chi connectivity index (χ2v) is 4.39. The number of rotatable bonds is 5. The molecule has 1 fully saturated rings. The highest BCUT2D eigenvalue weighted by Gasteiger charge is 2.20. The Balaban J connectivity index is 1.85. The molecule has 1 heterocycles. The van der Waals surface area contributed by atoms with E-state index < -0.39 is 4.92 Å². The van der Waals surface area contributed by atoms with Crippen LogP contribution in [0.2, 0.25) is 0 Å². The van der Waals surface area contributed by atoms with Gasteiger partial charge in [0.05, 0.1) is 11.1 Å². The molecule has 0 atom stereocenters. The van der Waals surface area contributed by atoms with Gasteiger partial charge in [-0.1, -0.05) is 0 Å². The molecule has 0 unspecified atom stereocenters. The average molecular weight is 261 g/mol. The first-order valence-electron chi connectivity index (χ1n) is 6.13. The Kier molecular flexibility index (Phi) is 4.51. The summed E-state index contributed by atoms with van der Waals surface area (Å²) in [7, 11) is 1.54. The number of carbonyl (C=O) groups is 1. The van der Waals surface area contributed by atoms with Crippen LogP contribution in [0.5, 0.6) is 5.75 Å². The summed E-state index contributed by atoms with van der Waals surface area (Å²) in [5.41, 5.74) is 0.0581. The zero-order chi connectivity index (χ0) is 13.7. The van der Waals surface area contributed by atoms with Crippen LogP contribution in [-0.2, 0) is 4.79 Å². The van der Waals surface area contributed by atoms with E-state index in [-0.39, 0.29) is 11.8 Å². The molecule has 0 aliphatic carbocycles. The second-order valence-electron chi connectivity index (χ2n) is 4.39. The van der Waals surface area contributed by atoms with Gasteiger partial charge in [-0.05, 0) is 38.1 Å². The van der Waals surface area contributed by atoms with E-state index in [1.165, 1.54) is 12.1 Å². The summed E-state index contributed by atoms with van der Waals surface area (Å²) in [6, 6.07) is 6.10. The monoisotopic (exact) mass is 261 g/mol. The third kappa shape index (κ3) is 3.79. The van der Waals surface area contributed by atoms with Gasteiger partial charge in [-0.2, -0.15) is 0 Å². The molecule has 7 heteroatoms. The van der Waals surface area contributed by atoms with Crippen molar-refractivity contribution in [2.75, 3.05) is 13.1 Å². The second kappa shape index (κ2) is 6.33. The van der Waals surface area contributed by atoms with Gasteiger partial charge < -0.3 is 14.3 Å². The molecule has 0 bridgehead atoms. The molecule has 1 aliphatic heterocycles. The predicted molar refractivity (Wildman–Crippen MR) is 70.8 cm³/mol. The molecule has 99 valence electrons. The Morgan fingerprint density at radius 2 is 1.95 bits per heavy atom. The summed E-state index contributed by atoms with van der Waals surface area (Å²) in [6.45, 7) is 1.58. The van der Waals surface area contributed by atoms with Crippen LogP contribution in [0.3, 0.4) is 0 Å². The lowest BCUT2D eigenvalue weighted by atomic mass is 9.90. The van der Waals surface area contributed by atoms with Crippen molar-refractivity contribution in [1.29, 1.82) is 0 Å². The first-order valence-corrected chi connectivity index (χ1v) is 6.13. The van der Waals surface area contributed by atoms with Crippen LogP contribution in [0.15, 0.2) is 24.3 Å². The van der Waals surface area contributed by atoms with Crippen molar-refractivity contribution in [3.05, 3.63) is 34.4 Å². The van der Waals surface area contributed by atoms with E-state index in [2.05, 4.69) is 0 Å². The summed E-state index contributed by atoms with van der Waals surface area (Å²) >= 11 is 0. The van der Waals surface area contributed by atoms with Crippen LogP contribution in [0.25, 0.3) is 0 Å². The SMILES string of the molecule is O=C[B]N1CCC(Oc2ccc([N+](=O)[O-])cc2)CC1. The van der Waals surface area contributed by atoms with Crippen molar-refractivity contribution in [2.45, 2.75) is 18.9 Å². The fourth-order valence-corrected chi connectivity index (χ4v) is 2.07. The highest BCUT2D eigenvalue weighted by molar-refractivity contribution is 6.64. The topological polar surface area (TPSA) is 72.7 Å². The molecule has 1 radical (unpaired) electrons. The smallest absolute Gasteiger partial charge is 0.293 e. The van der Waals surface area contributed by atoms with E-state index in [1.807, 2.05) is 4.81 Å². The number of non-ortho nitro benzene ring substituents is 1. The minimum absolute atomic E-state index is 0.0581. The molecule has 19 heavy (non-hydrogen) atoms. The summed E-state index contributed by atoms with van der Waals surface area (Å²) in [5, 5.41) is 10.5. The maximum atomic E-state index is 10.5. The molecule has 0 aromatic heterocycles. The van der Waals surface area contributed by atoms with Gasteiger partial charge in [-0.3, -0.25) is 10.1 Å². The molecule has 0 saturated carbocycles. The Hall–Kier alpha value is -1.89. The maximum absolute atomic E-state index is 10.5. The number of carbonyl (C=O) groups excluding carboxylic acids is 1. The molecular weight excluding hydrogens is 247 g/mol. The minimum Gasteiger partial charge on any atom is -0.490 e. The Morgan fingerprint density at radius 1 is 1.32 bits per heavy atom. The predicted octanol–water partition coefficient (Wildman–Crippen LogP) is 1.25. The van der Waals surface area contributed by atoms with E-state index in [4.69, 9.17) is 4.74 Å². The number of nitro groups is 1.